The van der Waals surface area contributed by atoms with Crippen LogP contribution in [-0.4, -0.2) is 93.3 Å². The van der Waals surface area contributed by atoms with Gasteiger partial charge in [-0.1, -0.05) is 13.3 Å². The number of thioether (sulfide) groups is 1. The smallest absolute Gasteiger partial charge is 0.237 e. The lowest BCUT2D eigenvalue weighted by molar-refractivity contribution is -0.205. The number of aliphatic hydroxyl groups is 3. The highest BCUT2D eigenvalue weighted by Crippen LogP contribution is 2.31. The molecule has 166 valence electrons. The van der Waals surface area contributed by atoms with Gasteiger partial charge in [0.1, 0.15) is 29.9 Å². The highest BCUT2D eigenvalue weighted by Gasteiger charge is 2.48. The summed E-state index contributed by atoms with van der Waals surface area (Å²) in [7, 11) is 1.94. The molecule has 0 aliphatic carbocycles. The first-order valence-electron chi connectivity index (χ1n) is 9.58. The number of ether oxygens (including phenoxy) is 1. The number of nitrogens with zero attached hydrogens (tertiary/aromatic N) is 1. The Labute approximate surface area is 182 Å². The minimum Gasteiger partial charge on any atom is -0.388 e. The Morgan fingerprint density at radius 3 is 2.50 bits per heavy atom. The summed E-state index contributed by atoms with van der Waals surface area (Å²) in [4.78, 5) is 14.9. The molecule has 2 unspecified atom stereocenters. The molecular formula is C18H34Cl2N2O5S. The van der Waals surface area contributed by atoms with E-state index in [2.05, 4.69) is 12.2 Å². The van der Waals surface area contributed by atoms with Gasteiger partial charge >= 0.3 is 0 Å². The van der Waals surface area contributed by atoms with E-state index in [1.165, 1.54) is 11.8 Å². The molecular weight excluding hydrogens is 427 g/mol. The minimum atomic E-state index is -1.36. The Hall–Kier alpha value is 0.200. The molecule has 4 N–H and O–H groups in total. The second-order valence-corrected chi connectivity index (χ2v) is 9.36. The van der Waals surface area contributed by atoms with Crippen molar-refractivity contribution in [2.45, 2.75) is 80.4 Å². The maximum atomic E-state index is 12.9. The number of likely N-dealkylation sites (N-methyl/N-ethyl adjacent to an activating group) is 1. The van der Waals surface area contributed by atoms with Crippen LogP contribution < -0.4 is 5.32 Å². The van der Waals surface area contributed by atoms with E-state index >= 15 is 0 Å². The molecule has 2 heterocycles. The number of hydrogen-bond acceptors (Lipinski definition) is 7. The van der Waals surface area contributed by atoms with Crippen molar-refractivity contribution in [1.82, 2.24) is 10.2 Å². The third-order valence-corrected chi connectivity index (χ3v) is 6.76. The maximum absolute atomic E-state index is 12.9. The highest BCUT2D eigenvalue weighted by molar-refractivity contribution is 7.99. The molecule has 0 bridgehead atoms. The van der Waals surface area contributed by atoms with Gasteiger partial charge in [-0.3, -0.25) is 9.69 Å². The predicted molar refractivity (Wildman–Crippen MR) is 114 cm³/mol. The Kier molecular flexibility index (Phi) is 10.8. The van der Waals surface area contributed by atoms with E-state index in [1.807, 2.05) is 11.9 Å². The third kappa shape index (κ3) is 5.88. The van der Waals surface area contributed by atoms with Gasteiger partial charge in [0.25, 0.3) is 0 Å². The van der Waals surface area contributed by atoms with Crippen molar-refractivity contribution in [1.29, 1.82) is 0 Å². The summed E-state index contributed by atoms with van der Waals surface area (Å²) < 4.78 is 5.79. The molecule has 0 radical (unpaired) electrons. The fourth-order valence-corrected chi connectivity index (χ4v) is 5.00. The van der Waals surface area contributed by atoms with Crippen LogP contribution in [0.25, 0.3) is 0 Å². The van der Waals surface area contributed by atoms with Crippen LogP contribution in [0.5, 0.6) is 0 Å². The van der Waals surface area contributed by atoms with Crippen molar-refractivity contribution in [3.63, 3.8) is 0 Å². The standard InChI is InChI=1S/C18H33ClN2O5S.ClH/c1-5-6-10-7-11(21(3)8-10)17(25)20-12(9(2)19)16-14(23)13(22)15(24)18(26-16)27-4;/h9-16,18,22-24H,5-8H2,1-4H3,(H,20,25);1H/t9?,10-,11+,12?,13-,14+,15+,16+,18+;/m0./s1. The monoisotopic (exact) mass is 460 g/mol. The van der Waals surface area contributed by atoms with E-state index in [0.717, 1.165) is 25.8 Å². The van der Waals surface area contributed by atoms with Crippen LogP contribution in [0.1, 0.15) is 33.1 Å². The number of likely N-dealkylation sites (tertiary alicyclic amines) is 1. The average molecular weight is 461 g/mol. The summed E-state index contributed by atoms with van der Waals surface area (Å²) in [6.45, 7) is 4.74. The van der Waals surface area contributed by atoms with Crippen molar-refractivity contribution in [3.05, 3.63) is 0 Å². The number of carbonyl (C=O) groups is 1. The quantitative estimate of drug-likeness (QED) is 0.416. The number of rotatable bonds is 7. The van der Waals surface area contributed by atoms with Crippen LogP contribution in [0, 0.1) is 5.92 Å². The van der Waals surface area contributed by atoms with E-state index in [-0.39, 0.29) is 24.4 Å². The van der Waals surface area contributed by atoms with Crippen molar-refractivity contribution >= 4 is 41.7 Å². The van der Waals surface area contributed by atoms with Crippen LogP contribution in [0.4, 0.5) is 0 Å². The van der Waals surface area contributed by atoms with Crippen molar-refractivity contribution in [2.24, 2.45) is 5.92 Å². The zero-order chi connectivity index (χ0) is 20.3. The molecule has 1 amide bonds. The highest BCUT2D eigenvalue weighted by atomic mass is 35.5. The van der Waals surface area contributed by atoms with Crippen molar-refractivity contribution in [2.75, 3.05) is 19.8 Å². The third-order valence-electron chi connectivity index (χ3n) is 5.63. The zero-order valence-electron chi connectivity index (χ0n) is 16.8. The molecule has 0 spiro atoms. The number of alkyl halides is 1. The van der Waals surface area contributed by atoms with E-state index in [0.29, 0.717) is 5.92 Å². The Morgan fingerprint density at radius 2 is 1.96 bits per heavy atom. The lowest BCUT2D eigenvalue weighted by atomic mass is 9.92. The Morgan fingerprint density at radius 1 is 1.32 bits per heavy atom. The van der Waals surface area contributed by atoms with Crippen molar-refractivity contribution < 1.29 is 24.9 Å². The number of carbonyl (C=O) groups excluding carboxylic acids is 1. The molecule has 2 fully saturated rings. The van der Waals surface area contributed by atoms with E-state index in [9.17, 15) is 20.1 Å². The SMILES string of the molecule is CCC[C@H]1C[C@H](C(=O)NC(C(C)Cl)[C@H]2O[C@H](SC)[C@H](O)[C@@H](O)[C@H]2O)N(C)C1.Cl. The van der Waals surface area contributed by atoms with Gasteiger partial charge in [-0.05, 0) is 39.0 Å². The van der Waals surface area contributed by atoms with E-state index < -0.39 is 41.3 Å². The number of hydrogen-bond donors (Lipinski definition) is 4. The van der Waals surface area contributed by atoms with Gasteiger partial charge in [0.15, 0.2) is 0 Å². The van der Waals surface area contributed by atoms with Gasteiger partial charge in [0.2, 0.25) is 5.91 Å². The first-order valence-corrected chi connectivity index (χ1v) is 11.3. The topological polar surface area (TPSA) is 102 Å². The number of amides is 1. The second-order valence-electron chi connectivity index (χ2n) is 7.73. The summed E-state index contributed by atoms with van der Waals surface area (Å²) >= 11 is 7.55. The number of nitrogens with one attached hydrogen (secondary N) is 1. The molecule has 2 aliphatic heterocycles. The van der Waals surface area contributed by atoms with Crippen LogP contribution >= 0.6 is 35.8 Å². The summed E-state index contributed by atoms with van der Waals surface area (Å²) in [6, 6.07) is -0.934. The van der Waals surface area contributed by atoms with E-state index in [1.54, 1.807) is 13.2 Å². The lowest BCUT2D eigenvalue weighted by Gasteiger charge is -2.44. The molecule has 7 nitrogen and oxygen atoms in total. The average Bonchev–Trinajstić information content (AvgIpc) is 2.99. The zero-order valence-corrected chi connectivity index (χ0v) is 19.2. The molecule has 0 aromatic rings. The molecule has 0 saturated carbocycles. The summed E-state index contributed by atoms with van der Waals surface area (Å²) in [5, 5.41) is 33.0. The molecule has 28 heavy (non-hydrogen) atoms. The molecule has 0 aromatic heterocycles. The second kappa shape index (κ2) is 11.6. The van der Waals surface area contributed by atoms with E-state index in [4.69, 9.17) is 16.3 Å². The molecule has 2 saturated heterocycles. The maximum Gasteiger partial charge on any atom is 0.237 e. The minimum absolute atomic E-state index is 0. The summed E-state index contributed by atoms with van der Waals surface area (Å²) in [6.07, 6.45) is -0.0980. The van der Waals surface area contributed by atoms with Crippen LogP contribution in [-0.2, 0) is 9.53 Å². The molecule has 2 rings (SSSR count). The summed E-state index contributed by atoms with van der Waals surface area (Å²) in [5.41, 5.74) is -0.702. The Bertz CT molecular complexity index is 503. The van der Waals surface area contributed by atoms with Crippen LogP contribution in [0.2, 0.25) is 0 Å². The van der Waals surface area contributed by atoms with Gasteiger partial charge in [-0.25, -0.2) is 0 Å². The number of halogens is 2. The van der Waals surface area contributed by atoms with Crippen molar-refractivity contribution in [3.8, 4) is 0 Å². The van der Waals surface area contributed by atoms with Gasteiger partial charge < -0.3 is 25.4 Å². The first-order chi connectivity index (χ1) is 12.7. The van der Waals surface area contributed by atoms with Gasteiger partial charge in [0, 0.05) is 6.54 Å². The molecule has 9 atom stereocenters. The fraction of sp³-hybridized carbons (Fsp3) is 0.944. The van der Waals surface area contributed by atoms with Gasteiger partial charge in [-0.2, -0.15) is 0 Å². The van der Waals surface area contributed by atoms with Gasteiger partial charge in [0.05, 0.1) is 17.5 Å². The van der Waals surface area contributed by atoms with Crippen LogP contribution in [0.3, 0.4) is 0 Å². The Balaban J connectivity index is 0.00000392. The molecule has 10 heteroatoms. The number of aliphatic hydroxyl groups excluding tert-OH is 3. The largest absolute Gasteiger partial charge is 0.388 e. The first kappa shape index (κ1) is 26.2. The van der Waals surface area contributed by atoms with Gasteiger partial charge in [-0.15, -0.1) is 35.8 Å². The van der Waals surface area contributed by atoms with Crippen LogP contribution in [0.15, 0.2) is 0 Å². The molecule has 0 aromatic carbocycles. The normalized spacial score (nSPS) is 38.5. The fourth-order valence-electron chi connectivity index (χ4n) is 4.11. The predicted octanol–water partition coefficient (Wildman–Crippen LogP) is 0.811. The summed E-state index contributed by atoms with van der Waals surface area (Å²) in [5.74, 6) is 0.350. The molecule has 2 aliphatic rings. The lowest BCUT2D eigenvalue weighted by Crippen LogP contribution is -2.65.